The molecule has 0 aliphatic heterocycles. The molecule has 4 nitrogen and oxygen atoms in total. The van der Waals surface area contributed by atoms with E-state index in [2.05, 4.69) is 46.5 Å². The second-order valence-electron chi connectivity index (χ2n) is 4.90. The summed E-state index contributed by atoms with van der Waals surface area (Å²) in [4.78, 5) is 8.73. The number of rotatable bonds is 8. The molecule has 1 aromatic carbocycles. The van der Waals surface area contributed by atoms with Crippen LogP contribution in [0.15, 0.2) is 42.7 Å². The first-order valence-corrected chi connectivity index (χ1v) is 7.55. The molecule has 1 aromatic heterocycles. The fourth-order valence-electron chi connectivity index (χ4n) is 2.22. The Morgan fingerprint density at radius 2 is 1.95 bits per heavy atom. The van der Waals surface area contributed by atoms with E-state index in [1.807, 2.05) is 19.2 Å². The molecule has 0 bridgehead atoms. The summed E-state index contributed by atoms with van der Waals surface area (Å²) in [5, 5.41) is 3.58. The Balaban J connectivity index is 2.12. The van der Waals surface area contributed by atoms with E-state index in [1.54, 1.807) is 6.20 Å². The summed E-state index contributed by atoms with van der Waals surface area (Å²) in [5.74, 6) is 0.595. The number of ether oxygens (including phenoxy) is 1. The molecule has 1 N–H and O–H groups in total. The molecule has 4 heteroatoms. The van der Waals surface area contributed by atoms with Gasteiger partial charge in [0.15, 0.2) is 0 Å². The minimum atomic E-state index is 0.248. The van der Waals surface area contributed by atoms with Gasteiger partial charge in [-0.25, -0.2) is 4.98 Å². The monoisotopic (exact) mass is 285 g/mol. The summed E-state index contributed by atoms with van der Waals surface area (Å²) >= 11 is 0. The highest BCUT2D eigenvalue weighted by atomic mass is 16.5. The molecule has 0 saturated carbocycles. The highest BCUT2D eigenvalue weighted by molar-refractivity contribution is 5.21. The molecule has 1 unspecified atom stereocenters. The molecule has 2 aromatic rings. The maximum atomic E-state index is 5.42. The van der Waals surface area contributed by atoms with E-state index in [4.69, 9.17) is 4.74 Å². The van der Waals surface area contributed by atoms with E-state index in [0.29, 0.717) is 12.5 Å². The van der Waals surface area contributed by atoms with Crippen molar-refractivity contribution in [2.24, 2.45) is 0 Å². The first kappa shape index (κ1) is 15.4. The quantitative estimate of drug-likeness (QED) is 0.809. The van der Waals surface area contributed by atoms with Crippen LogP contribution in [0, 0.1) is 0 Å². The van der Waals surface area contributed by atoms with Gasteiger partial charge >= 0.3 is 0 Å². The molecule has 0 fully saturated rings. The summed E-state index contributed by atoms with van der Waals surface area (Å²) in [5.41, 5.74) is 2.22. The number of aromatic nitrogens is 2. The molecule has 0 amide bonds. The van der Waals surface area contributed by atoms with E-state index in [9.17, 15) is 0 Å². The Labute approximate surface area is 126 Å². The standard InChI is InChI=1S/C17H23N3O/c1-3-10-19-16(14-8-6-5-7-9-14)11-15-12-18-13-17(20-15)21-4-2/h5-9,12-13,16,19H,3-4,10-11H2,1-2H3. The second kappa shape index (κ2) is 8.37. The molecule has 2 rings (SSSR count). The zero-order valence-corrected chi connectivity index (χ0v) is 12.7. The van der Waals surface area contributed by atoms with Crippen molar-refractivity contribution in [3.63, 3.8) is 0 Å². The summed E-state index contributed by atoms with van der Waals surface area (Å²) in [6.07, 6.45) is 5.38. The Morgan fingerprint density at radius 1 is 1.14 bits per heavy atom. The van der Waals surface area contributed by atoms with Gasteiger partial charge in [-0.3, -0.25) is 4.98 Å². The minimum absolute atomic E-state index is 0.248. The van der Waals surface area contributed by atoms with Gasteiger partial charge in [0, 0.05) is 18.7 Å². The van der Waals surface area contributed by atoms with Crippen molar-refractivity contribution in [1.29, 1.82) is 0 Å². The number of benzene rings is 1. The van der Waals surface area contributed by atoms with Gasteiger partial charge in [-0.2, -0.15) is 0 Å². The third-order valence-electron chi connectivity index (χ3n) is 3.21. The molecule has 0 radical (unpaired) electrons. The maximum Gasteiger partial charge on any atom is 0.232 e. The molecule has 112 valence electrons. The lowest BCUT2D eigenvalue weighted by Gasteiger charge is -2.18. The van der Waals surface area contributed by atoms with Crippen molar-refractivity contribution >= 4 is 0 Å². The number of hydrogen-bond donors (Lipinski definition) is 1. The van der Waals surface area contributed by atoms with Crippen LogP contribution >= 0.6 is 0 Å². The zero-order valence-electron chi connectivity index (χ0n) is 12.7. The van der Waals surface area contributed by atoms with Crippen molar-refractivity contribution in [1.82, 2.24) is 15.3 Å². The van der Waals surface area contributed by atoms with Crippen molar-refractivity contribution in [3.05, 3.63) is 54.0 Å². The normalized spacial score (nSPS) is 12.1. The Hall–Kier alpha value is -1.94. The van der Waals surface area contributed by atoms with Crippen LogP contribution in [0.25, 0.3) is 0 Å². The van der Waals surface area contributed by atoms with Gasteiger partial charge in [0.1, 0.15) is 0 Å². The van der Waals surface area contributed by atoms with Gasteiger partial charge in [-0.1, -0.05) is 37.3 Å². The van der Waals surface area contributed by atoms with Crippen LogP contribution < -0.4 is 10.1 Å². The SMILES string of the molecule is CCCNC(Cc1cncc(OCC)n1)c1ccccc1. The number of nitrogens with one attached hydrogen (secondary N) is 1. The van der Waals surface area contributed by atoms with E-state index >= 15 is 0 Å². The predicted octanol–water partition coefficient (Wildman–Crippen LogP) is 3.16. The molecule has 0 aliphatic rings. The third-order valence-corrected chi connectivity index (χ3v) is 3.21. The van der Waals surface area contributed by atoms with Crippen molar-refractivity contribution < 1.29 is 4.74 Å². The Kier molecular flexibility index (Phi) is 6.16. The highest BCUT2D eigenvalue weighted by Gasteiger charge is 2.12. The van der Waals surface area contributed by atoms with Gasteiger partial charge in [0.2, 0.25) is 5.88 Å². The Morgan fingerprint density at radius 3 is 2.67 bits per heavy atom. The average molecular weight is 285 g/mol. The molecule has 21 heavy (non-hydrogen) atoms. The fraction of sp³-hybridized carbons (Fsp3) is 0.412. The largest absolute Gasteiger partial charge is 0.477 e. The topological polar surface area (TPSA) is 47.0 Å². The van der Waals surface area contributed by atoms with Crippen LogP contribution in [0.3, 0.4) is 0 Å². The molecular weight excluding hydrogens is 262 g/mol. The summed E-state index contributed by atoms with van der Waals surface area (Å²) in [6.45, 7) is 5.71. The fourth-order valence-corrected chi connectivity index (χ4v) is 2.22. The lowest BCUT2D eigenvalue weighted by molar-refractivity contribution is 0.323. The zero-order chi connectivity index (χ0) is 14.9. The summed E-state index contributed by atoms with van der Waals surface area (Å²) in [6, 6.07) is 10.7. The molecule has 1 heterocycles. The van der Waals surface area contributed by atoms with E-state index in [-0.39, 0.29) is 6.04 Å². The first-order valence-electron chi connectivity index (χ1n) is 7.55. The summed E-state index contributed by atoms with van der Waals surface area (Å²) in [7, 11) is 0. The number of nitrogens with zero attached hydrogens (tertiary/aromatic N) is 2. The van der Waals surface area contributed by atoms with Crippen molar-refractivity contribution in [2.45, 2.75) is 32.7 Å². The van der Waals surface area contributed by atoms with Gasteiger partial charge in [-0.15, -0.1) is 0 Å². The van der Waals surface area contributed by atoms with Crippen LogP contribution in [-0.4, -0.2) is 23.1 Å². The van der Waals surface area contributed by atoms with Crippen molar-refractivity contribution in [2.75, 3.05) is 13.2 Å². The smallest absolute Gasteiger partial charge is 0.232 e. The first-order chi connectivity index (χ1) is 10.3. The van der Waals surface area contributed by atoms with Crippen LogP contribution in [-0.2, 0) is 6.42 Å². The maximum absolute atomic E-state index is 5.42. The van der Waals surface area contributed by atoms with E-state index in [0.717, 1.165) is 25.1 Å². The lowest BCUT2D eigenvalue weighted by atomic mass is 10.0. The summed E-state index contributed by atoms with van der Waals surface area (Å²) < 4.78 is 5.42. The van der Waals surface area contributed by atoms with Gasteiger partial charge in [0.25, 0.3) is 0 Å². The van der Waals surface area contributed by atoms with Crippen LogP contribution in [0.1, 0.15) is 37.6 Å². The average Bonchev–Trinajstić information content (AvgIpc) is 2.53. The van der Waals surface area contributed by atoms with Gasteiger partial charge in [-0.05, 0) is 25.5 Å². The van der Waals surface area contributed by atoms with E-state index in [1.165, 1.54) is 5.56 Å². The van der Waals surface area contributed by atoms with Gasteiger partial charge in [0.05, 0.1) is 18.5 Å². The van der Waals surface area contributed by atoms with E-state index < -0.39 is 0 Å². The van der Waals surface area contributed by atoms with Gasteiger partial charge < -0.3 is 10.1 Å². The predicted molar refractivity (Wildman–Crippen MR) is 84.4 cm³/mol. The van der Waals surface area contributed by atoms with Crippen LogP contribution in [0.2, 0.25) is 0 Å². The van der Waals surface area contributed by atoms with Crippen LogP contribution in [0.4, 0.5) is 0 Å². The minimum Gasteiger partial charge on any atom is -0.477 e. The molecule has 0 spiro atoms. The molecule has 1 atom stereocenters. The number of hydrogen-bond acceptors (Lipinski definition) is 4. The third kappa shape index (κ3) is 4.83. The Bertz CT molecular complexity index is 531. The molecule has 0 saturated heterocycles. The second-order valence-corrected chi connectivity index (χ2v) is 4.90. The molecule has 0 aliphatic carbocycles. The lowest BCUT2D eigenvalue weighted by Crippen LogP contribution is -2.24. The van der Waals surface area contributed by atoms with Crippen molar-refractivity contribution in [3.8, 4) is 5.88 Å². The molecular formula is C17H23N3O. The van der Waals surface area contributed by atoms with Crippen LogP contribution in [0.5, 0.6) is 5.88 Å². The highest BCUT2D eigenvalue weighted by Crippen LogP contribution is 2.18.